The number of fused-ring (bicyclic) bond motifs is 1. The van der Waals surface area contributed by atoms with Crippen LogP contribution in [0.25, 0.3) is 10.2 Å². The van der Waals surface area contributed by atoms with Crippen molar-refractivity contribution in [1.82, 2.24) is 9.88 Å². The number of nitrogens with zero attached hydrogens (tertiary/aromatic N) is 2. The Bertz CT molecular complexity index is 533. The van der Waals surface area contributed by atoms with E-state index in [-0.39, 0.29) is 6.03 Å². The van der Waals surface area contributed by atoms with Crippen molar-refractivity contribution < 1.29 is 4.79 Å². The lowest BCUT2D eigenvalue weighted by Crippen LogP contribution is -2.27. The van der Waals surface area contributed by atoms with Gasteiger partial charge in [0, 0.05) is 14.1 Å². The summed E-state index contributed by atoms with van der Waals surface area (Å²) in [7, 11) is 3.40. The van der Waals surface area contributed by atoms with Crippen molar-refractivity contribution in [3.8, 4) is 0 Å². The molecule has 0 fully saturated rings. The lowest BCUT2D eigenvalue weighted by atomic mass is 10.2. The highest BCUT2D eigenvalue weighted by atomic mass is 32.1. The zero-order chi connectivity index (χ0) is 11.7. The summed E-state index contributed by atoms with van der Waals surface area (Å²) in [6, 6.07) is 5.92. The van der Waals surface area contributed by atoms with Crippen LogP contribution in [0.3, 0.4) is 0 Å². The summed E-state index contributed by atoms with van der Waals surface area (Å²) in [6.45, 7) is 2.02. The molecular formula is C11H13N3OS. The van der Waals surface area contributed by atoms with Crippen molar-refractivity contribution in [2.24, 2.45) is 0 Å². The van der Waals surface area contributed by atoms with Crippen LogP contribution in [0, 0.1) is 6.92 Å². The number of aryl methyl sites for hydroxylation is 1. The zero-order valence-corrected chi connectivity index (χ0v) is 10.3. The summed E-state index contributed by atoms with van der Waals surface area (Å²) in [5.41, 5.74) is 2.10. The Morgan fingerprint density at radius 2 is 2.19 bits per heavy atom. The van der Waals surface area contributed by atoms with Crippen LogP contribution < -0.4 is 5.32 Å². The van der Waals surface area contributed by atoms with Crippen molar-refractivity contribution in [1.29, 1.82) is 0 Å². The molecule has 1 N–H and O–H groups in total. The fraction of sp³-hybridized carbons (Fsp3) is 0.273. The fourth-order valence-corrected chi connectivity index (χ4v) is 2.13. The highest BCUT2D eigenvalue weighted by Gasteiger charge is 2.08. The minimum Gasteiger partial charge on any atom is -0.331 e. The fourth-order valence-electron chi connectivity index (χ4n) is 1.29. The van der Waals surface area contributed by atoms with E-state index in [1.807, 2.05) is 25.1 Å². The Morgan fingerprint density at radius 3 is 2.88 bits per heavy atom. The molecule has 2 amide bonds. The van der Waals surface area contributed by atoms with E-state index in [0.717, 1.165) is 10.2 Å². The van der Waals surface area contributed by atoms with Gasteiger partial charge in [-0.15, -0.1) is 0 Å². The standard InChI is InChI=1S/C11H13N3OS/c1-7-4-5-9-8(6-7)12-10(16-9)13-11(15)14(2)3/h4-6H,1-3H3,(H,12,13,15). The molecular weight excluding hydrogens is 222 g/mol. The van der Waals surface area contributed by atoms with Crippen LogP contribution in [0.15, 0.2) is 18.2 Å². The molecule has 2 aromatic rings. The molecule has 0 spiro atoms. The van der Waals surface area contributed by atoms with E-state index in [9.17, 15) is 4.79 Å². The van der Waals surface area contributed by atoms with Gasteiger partial charge in [-0.25, -0.2) is 9.78 Å². The molecule has 0 aliphatic rings. The third kappa shape index (κ3) is 2.14. The van der Waals surface area contributed by atoms with E-state index in [0.29, 0.717) is 5.13 Å². The van der Waals surface area contributed by atoms with Crippen molar-refractivity contribution in [2.45, 2.75) is 6.92 Å². The lowest BCUT2D eigenvalue weighted by Gasteiger charge is -2.08. The molecule has 0 saturated heterocycles. The largest absolute Gasteiger partial charge is 0.331 e. The van der Waals surface area contributed by atoms with Gasteiger partial charge in [0.2, 0.25) is 0 Å². The summed E-state index contributed by atoms with van der Waals surface area (Å²) in [4.78, 5) is 17.3. The Labute approximate surface area is 97.9 Å². The minimum absolute atomic E-state index is 0.157. The Kier molecular flexibility index (Phi) is 2.78. The van der Waals surface area contributed by atoms with Crippen LogP contribution in [-0.2, 0) is 0 Å². The number of aromatic nitrogens is 1. The molecule has 0 aliphatic heterocycles. The monoisotopic (exact) mass is 235 g/mol. The lowest BCUT2D eigenvalue weighted by molar-refractivity contribution is 0.230. The number of benzene rings is 1. The SMILES string of the molecule is Cc1ccc2sc(NC(=O)N(C)C)nc2c1. The van der Waals surface area contributed by atoms with E-state index in [1.165, 1.54) is 21.8 Å². The Morgan fingerprint density at radius 1 is 1.44 bits per heavy atom. The van der Waals surface area contributed by atoms with Gasteiger partial charge in [0.05, 0.1) is 10.2 Å². The second-order valence-electron chi connectivity index (χ2n) is 3.81. The number of anilines is 1. The maximum absolute atomic E-state index is 11.4. The summed E-state index contributed by atoms with van der Waals surface area (Å²) in [5.74, 6) is 0. The van der Waals surface area contributed by atoms with Gasteiger partial charge in [-0.2, -0.15) is 0 Å². The number of rotatable bonds is 1. The van der Waals surface area contributed by atoms with E-state index in [1.54, 1.807) is 14.1 Å². The van der Waals surface area contributed by atoms with Crippen LogP contribution in [0.5, 0.6) is 0 Å². The second kappa shape index (κ2) is 4.09. The van der Waals surface area contributed by atoms with E-state index in [4.69, 9.17) is 0 Å². The van der Waals surface area contributed by atoms with E-state index in [2.05, 4.69) is 10.3 Å². The second-order valence-corrected chi connectivity index (χ2v) is 4.85. The molecule has 5 heteroatoms. The predicted molar refractivity (Wildman–Crippen MR) is 67.1 cm³/mol. The van der Waals surface area contributed by atoms with Gasteiger partial charge in [-0.1, -0.05) is 17.4 Å². The van der Waals surface area contributed by atoms with Gasteiger partial charge in [0.25, 0.3) is 0 Å². The van der Waals surface area contributed by atoms with Crippen molar-refractivity contribution in [2.75, 3.05) is 19.4 Å². The summed E-state index contributed by atoms with van der Waals surface area (Å²) < 4.78 is 1.08. The highest BCUT2D eigenvalue weighted by Crippen LogP contribution is 2.26. The number of nitrogens with one attached hydrogen (secondary N) is 1. The van der Waals surface area contributed by atoms with Crippen molar-refractivity contribution in [3.63, 3.8) is 0 Å². The number of hydrogen-bond acceptors (Lipinski definition) is 3. The van der Waals surface area contributed by atoms with Gasteiger partial charge in [-0.05, 0) is 24.6 Å². The number of hydrogen-bond donors (Lipinski definition) is 1. The van der Waals surface area contributed by atoms with Gasteiger partial charge in [0.1, 0.15) is 0 Å². The number of urea groups is 1. The average molecular weight is 235 g/mol. The first kappa shape index (κ1) is 10.9. The summed E-state index contributed by atoms with van der Waals surface area (Å²) >= 11 is 1.48. The van der Waals surface area contributed by atoms with Crippen molar-refractivity contribution in [3.05, 3.63) is 23.8 Å². The molecule has 1 aromatic heterocycles. The van der Waals surface area contributed by atoms with Crippen LogP contribution in [-0.4, -0.2) is 30.0 Å². The number of amides is 2. The molecule has 0 unspecified atom stereocenters. The van der Waals surface area contributed by atoms with E-state index >= 15 is 0 Å². The predicted octanol–water partition coefficient (Wildman–Crippen LogP) is 2.70. The molecule has 0 atom stereocenters. The van der Waals surface area contributed by atoms with Crippen molar-refractivity contribution >= 4 is 32.7 Å². The molecule has 4 nitrogen and oxygen atoms in total. The first-order valence-electron chi connectivity index (χ1n) is 4.92. The van der Waals surface area contributed by atoms with Crippen LogP contribution in [0.4, 0.5) is 9.93 Å². The maximum atomic E-state index is 11.4. The normalized spacial score (nSPS) is 10.4. The quantitative estimate of drug-likeness (QED) is 0.826. The van der Waals surface area contributed by atoms with Gasteiger partial charge < -0.3 is 4.90 Å². The van der Waals surface area contributed by atoms with Crippen LogP contribution >= 0.6 is 11.3 Å². The summed E-state index contributed by atoms with van der Waals surface area (Å²) in [6.07, 6.45) is 0. The Balaban J connectivity index is 2.29. The molecule has 1 aromatic carbocycles. The molecule has 2 rings (SSSR count). The maximum Gasteiger partial charge on any atom is 0.323 e. The Hall–Kier alpha value is -1.62. The van der Waals surface area contributed by atoms with Crippen LogP contribution in [0.1, 0.15) is 5.56 Å². The third-order valence-electron chi connectivity index (χ3n) is 2.16. The molecule has 0 bridgehead atoms. The van der Waals surface area contributed by atoms with Gasteiger partial charge >= 0.3 is 6.03 Å². The number of carbonyl (C=O) groups is 1. The summed E-state index contributed by atoms with van der Waals surface area (Å²) in [5, 5.41) is 3.38. The first-order chi connectivity index (χ1) is 7.56. The molecule has 84 valence electrons. The van der Waals surface area contributed by atoms with Gasteiger partial charge in [-0.3, -0.25) is 5.32 Å². The third-order valence-corrected chi connectivity index (χ3v) is 3.11. The number of thiazole rings is 1. The molecule has 16 heavy (non-hydrogen) atoms. The average Bonchev–Trinajstić information content (AvgIpc) is 2.58. The highest BCUT2D eigenvalue weighted by molar-refractivity contribution is 7.22. The topological polar surface area (TPSA) is 45.2 Å². The van der Waals surface area contributed by atoms with Gasteiger partial charge in [0.15, 0.2) is 5.13 Å². The first-order valence-corrected chi connectivity index (χ1v) is 5.73. The number of carbonyl (C=O) groups excluding carboxylic acids is 1. The zero-order valence-electron chi connectivity index (χ0n) is 9.44. The van der Waals surface area contributed by atoms with Crippen LogP contribution in [0.2, 0.25) is 0 Å². The molecule has 0 radical (unpaired) electrons. The molecule has 1 heterocycles. The molecule has 0 saturated carbocycles. The smallest absolute Gasteiger partial charge is 0.323 e. The molecule has 0 aliphatic carbocycles. The van der Waals surface area contributed by atoms with E-state index < -0.39 is 0 Å². The minimum atomic E-state index is -0.157.